The molecule has 1 aromatic heterocycles. The number of rotatable bonds is 4. The molecular weight excluding hydrogens is 409 g/mol. The number of halogens is 3. The lowest BCUT2D eigenvalue weighted by molar-refractivity contribution is 0.102. The second-order valence-corrected chi connectivity index (χ2v) is 6.74. The third-order valence-electron chi connectivity index (χ3n) is 3.57. The zero-order valence-electron chi connectivity index (χ0n) is 13.7. The molecular formula is C19H12Cl3N3O2. The van der Waals surface area contributed by atoms with Crippen molar-refractivity contribution >= 4 is 58.0 Å². The van der Waals surface area contributed by atoms with Gasteiger partial charge >= 0.3 is 0 Å². The molecule has 1 heterocycles. The second kappa shape index (κ2) is 8.39. The molecule has 8 heteroatoms. The summed E-state index contributed by atoms with van der Waals surface area (Å²) in [5.41, 5.74) is 1.23. The fourth-order valence-electron chi connectivity index (χ4n) is 2.31. The number of carbonyl (C=O) groups excluding carboxylic acids is 2. The molecule has 0 fully saturated rings. The summed E-state index contributed by atoms with van der Waals surface area (Å²) in [4.78, 5) is 29.1. The van der Waals surface area contributed by atoms with Gasteiger partial charge in [0.15, 0.2) is 0 Å². The molecule has 136 valence electrons. The van der Waals surface area contributed by atoms with Crippen molar-refractivity contribution in [2.75, 3.05) is 10.6 Å². The van der Waals surface area contributed by atoms with Crippen LogP contribution in [0.1, 0.15) is 20.7 Å². The van der Waals surface area contributed by atoms with Gasteiger partial charge in [0.25, 0.3) is 11.8 Å². The first-order valence-electron chi connectivity index (χ1n) is 7.71. The Hall–Kier alpha value is -2.60. The first-order valence-corrected chi connectivity index (χ1v) is 8.85. The molecule has 5 nitrogen and oxygen atoms in total. The smallest absolute Gasteiger partial charge is 0.257 e. The predicted octanol–water partition coefficient (Wildman–Crippen LogP) is 5.55. The van der Waals surface area contributed by atoms with E-state index < -0.39 is 11.8 Å². The largest absolute Gasteiger partial charge is 0.321 e. The van der Waals surface area contributed by atoms with Gasteiger partial charge < -0.3 is 10.6 Å². The van der Waals surface area contributed by atoms with Crippen LogP contribution in [0.2, 0.25) is 15.1 Å². The highest BCUT2D eigenvalue weighted by Crippen LogP contribution is 2.25. The number of aromatic nitrogens is 1. The fraction of sp³-hybridized carbons (Fsp3) is 0. The maximum Gasteiger partial charge on any atom is 0.257 e. The van der Waals surface area contributed by atoms with Crippen LogP contribution >= 0.6 is 34.8 Å². The average molecular weight is 421 g/mol. The number of hydrogen-bond donors (Lipinski definition) is 2. The summed E-state index contributed by atoms with van der Waals surface area (Å²) in [7, 11) is 0. The molecule has 2 amide bonds. The molecule has 0 bridgehead atoms. The topological polar surface area (TPSA) is 71.1 Å². The molecule has 2 aromatic carbocycles. The summed E-state index contributed by atoms with van der Waals surface area (Å²) in [5.74, 6) is -0.919. The van der Waals surface area contributed by atoms with Crippen LogP contribution < -0.4 is 10.6 Å². The van der Waals surface area contributed by atoms with Crippen molar-refractivity contribution in [2.24, 2.45) is 0 Å². The van der Waals surface area contributed by atoms with E-state index in [1.807, 2.05) is 0 Å². The van der Waals surface area contributed by atoms with Crippen LogP contribution in [0.3, 0.4) is 0 Å². The van der Waals surface area contributed by atoms with Crippen molar-refractivity contribution in [1.29, 1.82) is 0 Å². The molecule has 0 saturated carbocycles. The van der Waals surface area contributed by atoms with Crippen LogP contribution in [-0.2, 0) is 0 Å². The predicted molar refractivity (Wildman–Crippen MR) is 108 cm³/mol. The van der Waals surface area contributed by atoms with Gasteiger partial charge in [0.05, 0.1) is 33.7 Å². The molecule has 0 atom stereocenters. The van der Waals surface area contributed by atoms with Gasteiger partial charge in [0.2, 0.25) is 0 Å². The highest BCUT2D eigenvalue weighted by molar-refractivity contribution is 6.37. The van der Waals surface area contributed by atoms with Crippen LogP contribution in [0, 0.1) is 0 Å². The van der Waals surface area contributed by atoms with Crippen molar-refractivity contribution < 1.29 is 9.59 Å². The normalized spacial score (nSPS) is 10.3. The summed E-state index contributed by atoms with van der Waals surface area (Å²) in [6.45, 7) is 0. The van der Waals surface area contributed by atoms with E-state index in [2.05, 4.69) is 15.6 Å². The Bertz CT molecular complexity index is 1010. The van der Waals surface area contributed by atoms with Gasteiger partial charge in [-0.25, -0.2) is 0 Å². The maximum atomic E-state index is 12.6. The van der Waals surface area contributed by atoms with Crippen LogP contribution in [-0.4, -0.2) is 16.8 Å². The molecule has 0 aliphatic rings. The van der Waals surface area contributed by atoms with Crippen molar-refractivity contribution in [2.45, 2.75) is 0 Å². The molecule has 0 unspecified atom stereocenters. The second-order valence-electron chi connectivity index (χ2n) is 5.46. The van der Waals surface area contributed by atoms with Gasteiger partial charge in [-0.2, -0.15) is 0 Å². The zero-order valence-corrected chi connectivity index (χ0v) is 15.9. The van der Waals surface area contributed by atoms with E-state index in [1.165, 1.54) is 24.4 Å². The van der Waals surface area contributed by atoms with E-state index in [0.717, 1.165) is 0 Å². The highest BCUT2D eigenvalue weighted by atomic mass is 35.5. The first-order chi connectivity index (χ1) is 12.9. The molecule has 3 aromatic rings. The molecule has 3 rings (SSSR count). The zero-order chi connectivity index (χ0) is 19.4. The average Bonchev–Trinajstić information content (AvgIpc) is 2.63. The van der Waals surface area contributed by atoms with E-state index in [-0.39, 0.29) is 21.8 Å². The Labute approximate surface area is 170 Å². The number of nitrogens with one attached hydrogen (secondary N) is 2. The minimum Gasteiger partial charge on any atom is -0.321 e. The summed E-state index contributed by atoms with van der Waals surface area (Å²) in [6, 6.07) is 12.5. The van der Waals surface area contributed by atoms with E-state index in [0.29, 0.717) is 15.7 Å². The lowest BCUT2D eigenvalue weighted by Crippen LogP contribution is -2.18. The Balaban J connectivity index is 1.87. The molecule has 2 N–H and O–H groups in total. The number of benzene rings is 2. The quantitative estimate of drug-likeness (QED) is 0.581. The summed E-state index contributed by atoms with van der Waals surface area (Å²) in [6.07, 6.45) is 3.10. The molecule has 0 aliphatic heterocycles. The highest BCUT2D eigenvalue weighted by Gasteiger charge is 2.17. The van der Waals surface area contributed by atoms with E-state index in [4.69, 9.17) is 34.8 Å². The van der Waals surface area contributed by atoms with Crippen LogP contribution in [0.15, 0.2) is 60.9 Å². The summed E-state index contributed by atoms with van der Waals surface area (Å²) < 4.78 is 0. The Kier molecular flexibility index (Phi) is 5.96. The molecule has 0 spiro atoms. The van der Waals surface area contributed by atoms with Gasteiger partial charge in [-0.1, -0.05) is 34.8 Å². The maximum absolute atomic E-state index is 12.6. The number of amides is 2. The standard InChI is InChI=1S/C19H12Cl3N3O2/c20-11-4-6-17(25-18(26)14-5-3-12(21)9-16(14)22)15(8-11)19(27)24-13-2-1-7-23-10-13/h1-10H,(H,24,27)(H,25,26). The van der Waals surface area contributed by atoms with Gasteiger partial charge in [-0.3, -0.25) is 14.6 Å². The third kappa shape index (κ3) is 4.77. The molecule has 0 radical (unpaired) electrons. The van der Waals surface area contributed by atoms with Crippen molar-refractivity contribution in [3.63, 3.8) is 0 Å². The van der Waals surface area contributed by atoms with Gasteiger partial charge in [-0.05, 0) is 48.5 Å². The first kappa shape index (κ1) is 19.2. The fourth-order valence-corrected chi connectivity index (χ4v) is 2.98. The minimum absolute atomic E-state index is 0.199. The minimum atomic E-state index is -0.477. The van der Waals surface area contributed by atoms with Crippen LogP contribution in [0.4, 0.5) is 11.4 Å². The molecule has 0 saturated heterocycles. The van der Waals surface area contributed by atoms with Gasteiger partial charge in [0.1, 0.15) is 0 Å². The van der Waals surface area contributed by atoms with E-state index >= 15 is 0 Å². The monoisotopic (exact) mass is 419 g/mol. The Morgan fingerprint density at radius 1 is 0.815 bits per heavy atom. The van der Waals surface area contributed by atoms with Gasteiger partial charge in [-0.15, -0.1) is 0 Å². The van der Waals surface area contributed by atoms with E-state index in [1.54, 1.807) is 36.5 Å². The van der Waals surface area contributed by atoms with Crippen molar-refractivity contribution in [3.05, 3.63) is 87.1 Å². The summed E-state index contributed by atoms with van der Waals surface area (Å²) in [5, 5.41) is 6.36. The van der Waals surface area contributed by atoms with Crippen LogP contribution in [0.5, 0.6) is 0 Å². The number of nitrogens with zero attached hydrogens (tertiary/aromatic N) is 1. The Morgan fingerprint density at radius 2 is 1.52 bits per heavy atom. The number of hydrogen-bond acceptors (Lipinski definition) is 3. The third-order valence-corrected chi connectivity index (χ3v) is 4.35. The van der Waals surface area contributed by atoms with Crippen LogP contribution in [0.25, 0.3) is 0 Å². The van der Waals surface area contributed by atoms with E-state index in [9.17, 15) is 9.59 Å². The van der Waals surface area contributed by atoms with Crippen molar-refractivity contribution in [3.8, 4) is 0 Å². The Morgan fingerprint density at radius 3 is 2.22 bits per heavy atom. The number of carbonyl (C=O) groups is 2. The van der Waals surface area contributed by atoms with Gasteiger partial charge in [0, 0.05) is 16.2 Å². The SMILES string of the molecule is O=C(Nc1ccc(Cl)cc1C(=O)Nc1cccnc1)c1ccc(Cl)cc1Cl. The van der Waals surface area contributed by atoms with Crippen molar-refractivity contribution in [1.82, 2.24) is 4.98 Å². The lowest BCUT2D eigenvalue weighted by atomic mass is 10.1. The number of anilines is 2. The molecule has 27 heavy (non-hydrogen) atoms. The molecule has 0 aliphatic carbocycles. The summed E-state index contributed by atoms with van der Waals surface area (Å²) >= 11 is 17.9. The number of pyridine rings is 1. The lowest BCUT2D eigenvalue weighted by Gasteiger charge is -2.13.